The molecule has 0 radical (unpaired) electrons. The van der Waals surface area contributed by atoms with Crippen LogP contribution in [0.15, 0.2) is 35.2 Å². The molecule has 20 heavy (non-hydrogen) atoms. The molecule has 1 fully saturated rings. The van der Waals surface area contributed by atoms with Gasteiger partial charge in [-0.25, -0.2) is 4.98 Å². The summed E-state index contributed by atoms with van der Waals surface area (Å²) in [5, 5.41) is 5.67. The number of anilines is 1. The SMILES string of the molecule is c1ccc(N2CCCC2)c(CNCCc2cscn2)c1. The average Bonchev–Trinajstić information content (AvgIpc) is 3.17. The van der Waals surface area contributed by atoms with E-state index in [0.717, 1.165) is 19.5 Å². The number of benzene rings is 1. The van der Waals surface area contributed by atoms with Gasteiger partial charge in [-0.15, -0.1) is 11.3 Å². The Bertz CT molecular complexity index is 518. The van der Waals surface area contributed by atoms with E-state index in [1.54, 1.807) is 11.3 Å². The second-order valence-electron chi connectivity index (χ2n) is 5.23. The first-order valence-corrected chi connectivity index (χ1v) is 8.28. The van der Waals surface area contributed by atoms with Crippen molar-refractivity contribution in [2.24, 2.45) is 0 Å². The Labute approximate surface area is 124 Å². The van der Waals surface area contributed by atoms with Crippen LogP contribution in [0.25, 0.3) is 0 Å². The van der Waals surface area contributed by atoms with Gasteiger partial charge in [-0.1, -0.05) is 18.2 Å². The number of nitrogens with one attached hydrogen (secondary N) is 1. The zero-order valence-electron chi connectivity index (χ0n) is 11.7. The predicted molar refractivity (Wildman–Crippen MR) is 85.4 cm³/mol. The highest BCUT2D eigenvalue weighted by Crippen LogP contribution is 2.24. The molecule has 1 aliphatic heterocycles. The van der Waals surface area contributed by atoms with Crippen molar-refractivity contribution in [2.45, 2.75) is 25.8 Å². The summed E-state index contributed by atoms with van der Waals surface area (Å²) in [5.41, 5.74) is 5.91. The predicted octanol–water partition coefficient (Wildman–Crippen LogP) is 3.08. The van der Waals surface area contributed by atoms with E-state index >= 15 is 0 Å². The standard InChI is InChI=1S/C16H21N3S/c1-2-6-16(19-9-3-4-10-19)14(5-1)11-17-8-7-15-12-20-13-18-15/h1-2,5-6,12-13,17H,3-4,7-11H2. The van der Waals surface area contributed by atoms with E-state index < -0.39 is 0 Å². The first-order valence-electron chi connectivity index (χ1n) is 7.34. The van der Waals surface area contributed by atoms with Gasteiger partial charge in [0.1, 0.15) is 0 Å². The van der Waals surface area contributed by atoms with Gasteiger partial charge >= 0.3 is 0 Å². The Balaban J connectivity index is 1.54. The number of para-hydroxylation sites is 1. The smallest absolute Gasteiger partial charge is 0.0794 e. The first-order chi connectivity index (χ1) is 9.93. The molecule has 0 atom stereocenters. The van der Waals surface area contributed by atoms with Crippen LogP contribution in [0, 0.1) is 0 Å². The molecule has 0 unspecified atom stereocenters. The number of hydrogen-bond donors (Lipinski definition) is 1. The Morgan fingerprint density at radius 1 is 1.20 bits per heavy atom. The van der Waals surface area contributed by atoms with Gasteiger partial charge in [0.05, 0.1) is 11.2 Å². The van der Waals surface area contributed by atoms with Crippen LogP contribution in [0.3, 0.4) is 0 Å². The minimum atomic E-state index is 0.941. The van der Waals surface area contributed by atoms with Crippen molar-refractivity contribution in [1.29, 1.82) is 0 Å². The lowest BCUT2D eigenvalue weighted by Gasteiger charge is -2.21. The van der Waals surface area contributed by atoms with Gasteiger partial charge in [-0.05, 0) is 24.5 Å². The molecule has 2 aromatic rings. The Morgan fingerprint density at radius 2 is 2.05 bits per heavy atom. The molecule has 2 heterocycles. The van der Waals surface area contributed by atoms with E-state index in [4.69, 9.17) is 0 Å². The lowest BCUT2D eigenvalue weighted by Crippen LogP contribution is -2.22. The van der Waals surface area contributed by atoms with E-state index in [2.05, 4.69) is 44.8 Å². The zero-order valence-corrected chi connectivity index (χ0v) is 12.5. The lowest BCUT2D eigenvalue weighted by atomic mass is 10.1. The fraction of sp³-hybridized carbons (Fsp3) is 0.438. The molecule has 0 spiro atoms. The topological polar surface area (TPSA) is 28.2 Å². The van der Waals surface area contributed by atoms with Crippen LogP contribution in [0.1, 0.15) is 24.1 Å². The molecule has 4 heteroatoms. The summed E-state index contributed by atoms with van der Waals surface area (Å²) in [7, 11) is 0. The number of rotatable bonds is 6. The number of hydrogen-bond acceptors (Lipinski definition) is 4. The molecule has 0 aliphatic carbocycles. The summed E-state index contributed by atoms with van der Waals surface area (Å²) < 4.78 is 0. The van der Waals surface area contributed by atoms with Crippen molar-refractivity contribution in [3.63, 3.8) is 0 Å². The second-order valence-corrected chi connectivity index (χ2v) is 5.95. The highest BCUT2D eigenvalue weighted by atomic mass is 32.1. The van der Waals surface area contributed by atoms with E-state index in [1.165, 1.54) is 42.9 Å². The summed E-state index contributed by atoms with van der Waals surface area (Å²) in [5.74, 6) is 0. The van der Waals surface area contributed by atoms with Gasteiger partial charge in [0, 0.05) is 43.7 Å². The zero-order chi connectivity index (χ0) is 13.6. The van der Waals surface area contributed by atoms with Crippen LogP contribution in [-0.4, -0.2) is 24.6 Å². The summed E-state index contributed by atoms with van der Waals surface area (Å²) in [6.45, 7) is 4.33. The number of thiazole rings is 1. The molecule has 0 saturated carbocycles. The van der Waals surface area contributed by atoms with Crippen LogP contribution in [-0.2, 0) is 13.0 Å². The lowest BCUT2D eigenvalue weighted by molar-refractivity contribution is 0.680. The van der Waals surface area contributed by atoms with Crippen molar-refractivity contribution in [3.8, 4) is 0 Å². The average molecular weight is 287 g/mol. The number of aromatic nitrogens is 1. The van der Waals surface area contributed by atoms with Gasteiger partial charge in [-0.2, -0.15) is 0 Å². The van der Waals surface area contributed by atoms with E-state index in [9.17, 15) is 0 Å². The van der Waals surface area contributed by atoms with Crippen molar-refractivity contribution < 1.29 is 0 Å². The molecule has 3 rings (SSSR count). The fourth-order valence-corrected chi connectivity index (χ4v) is 3.32. The van der Waals surface area contributed by atoms with E-state index in [1.807, 2.05) is 5.51 Å². The Kier molecular flexibility index (Phi) is 4.66. The molecular weight excluding hydrogens is 266 g/mol. The molecule has 1 saturated heterocycles. The highest BCUT2D eigenvalue weighted by molar-refractivity contribution is 7.07. The van der Waals surface area contributed by atoms with Gasteiger partial charge in [-0.3, -0.25) is 0 Å². The van der Waals surface area contributed by atoms with Crippen molar-refractivity contribution >= 4 is 17.0 Å². The third-order valence-corrected chi connectivity index (χ3v) is 4.43. The molecule has 1 aliphatic rings. The van der Waals surface area contributed by atoms with Crippen LogP contribution in [0.5, 0.6) is 0 Å². The van der Waals surface area contributed by atoms with Crippen LogP contribution < -0.4 is 10.2 Å². The van der Waals surface area contributed by atoms with E-state index in [0.29, 0.717) is 0 Å². The second kappa shape index (κ2) is 6.86. The Hall–Kier alpha value is -1.39. The largest absolute Gasteiger partial charge is 0.371 e. The van der Waals surface area contributed by atoms with Crippen LogP contribution >= 0.6 is 11.3 Å². The maximum absolute atomic E-state index is 4.31. The van der Waals surface area contributed by atoms with Gasteiger partial charge < -0.3 is 10.2 Å². The van der Waals surface area contributed by atoms with Crippen molar-refractivity contribution in [1.82, 2.24) is 10.3 Å². The molecule has 1 aromatic carbocycles. The van der Waals surface area contributed by atoms with Crippen molar-refractivity contribution in [2.75, 3.05) is 24.5 Å². The Morgan fingerprint density at radius 3 is 2.85 bits per heavy atom. The normalized spacial score (nSPS) is 14.9. The highest BCUT2D eigenvalue weighted by Gasteiger charge is 2.14. The van der Waals surface area contributed by atoms with Gasteiger partial charge in [0.2, 0.25) is 0 Å². The van der Waals surface area contributed by atoms with Gasteiger partial charge in [0.25, 0.3) is 0 Å². The quantitative estimate of drug-likeness (QED) is 0.828. The fourth-order valence-electron chi connectivity index (χ4n) is 2.73. The molecular formula is C16H21N3S. The minimum Gasteiger partial charge on any atom is -0.371 e. The van der Waals surface area contributed by atoms with Crippen molar-refractivity contribution in [3.05, 3.63) is 46.4 Å². The number of nitrogens with zero attached hydrogens (tertiary/aromatic N) is 2. The monoisotopic (exact) mass is 287 g/mol. The van der Waals surface area contributed by atoms with Gasteiger partial charge in [0.15, 0.2) is 0 Å². The minimum absolute atomic E-state index is 0.941. The molecule has 3 nitrogen and oxygen atoms in total. The summed E-state index contributed by atoms with van der Waals surface area (Å²) in [4.78, 5) is 6.82. The molecule has 106 valence electrons. The molecule has 0 amide bonds. The van der Waals surface area contributed by atoms with Crippen LogP contribution in [0.4, 0.5) is 5.69 Å². The van der Waals surface area contributed by atoms with Crippen LogP contribution in [0.2, 0.25) is 0 Å². The maximum atomic E-state index is 4.31. The summed E-state index contributed by atoms with van der Waals surface area (Å²) >= 11 is 1.67. The van der Waals surface area contributed by atoms with E-state index in [-0.39, 0.29) is 0 Å². The first kappa shape index (κ1) is 13.6. The summed E-state index contributed by atoms with van der Waals surface area (Å²) in [6.07, 6.45) is 3.66. The summed E-state index contributed by atoms with van der Waals surface area (Å²) in [6, 6.07) is 8.77. The third kappa shape index (κ3) is 3.38. The third-order valence-electron chi connectivity index (χ3n) is 3.80. The molecule has 1 aromatic heterocycles. The molecule has 1 N–H and O–H groups in total. The molecule has 0 bridgehead atoms. The maximum Gasteiger partial charge on any atom is 0.0794 e.